The number of amides is 2. The van der Waals surface area contributed by atoms with Gasteiger partial charge in [-0.1, -0.05) is 12.8 Å². The topological polar surface area (TPSA) is 71.0 Å². The zero-order valence-electron chi connectivity index (χ0n) is 13.6. The number of nitrogens with one attached hydrogen (secondary N) is 1. The molecule has 3 aromatic heterocycles. The molecule has 0 aliphatic heterocycles. The molecule has 2 amide bonds. The number of aryl methyl sites for hydroxylation is 1. The number of hydrogen-bond acceptors (Lipinski definition) is 6. The van der Waals surface area contributed by atoms with Crippen LogP contribution >= 0.6 is 24.2 Å². The third-order valence-electron chi connectivity index (χ3n) is 3.99. The summed E-state index contributed by atoms with van der Waals surface area (Å²) in [6, 6.07) is 5.32. The average molecular weight is 371 g/mol. The molecule has 1 aliphatic carbocycles. The molecular formula is C17H17N5OS2. The summed E-state index contributed by atoms with van der Waals surface area (Å²) < 4.78 is 1.40. The van der Waals surface area contributed by atoms with Gasteiger partial charge in [0, 0.05) is 6.54 Å². The van der Waals surface area contributed by atoms with Crippen molar-refractivity contribution in [2.45, 2.75) is 19.8 Å². The quantitative estimate of drug-likeness (QED) is 0.676. The summed E-state index contributed by atoms with van der Waals surface area (Å²) in [5.74, 6) is 1.02. The highest BCUT2D eigenvalue weighted by atomic mass is 32.1. The summed E-state index contributed by atoms with van der Waals surface area (Å²) in [6.07, 6.45) is 4.08. The van der Waals surface area contributed by atoms with Gasteiger partial charge in [0.1, 0.15) is 17.0 Å². The first-order chi connectivity index (χ1) is 12.1. The highest BCUT2D eigenvalue weighted by Crippen LogP contribution is 2.30. The summed E-state index contributed by atoms with van der Waals surface area (Å²) in [4.78, 5) is 26.6. The van der Waals surface area contributed by atoms with Crippen LogP contribution in [0.15, 0.2) is 29.8 Å². The Kier molecular flexibility index (Phi) is 4.30. The lowest BCUT2D eigenvalue weighted by Crippen LogP contribution is -2.29. The summed E-state index contributed by atoms with van der Waals surface area (Å²) in [5, 5.41) is 4.84. The minimum atomic E-state index is -0.278. The van der Waals surface area contributed by atoms with Crippen LogP contribution in [0.25, 0.3) is 21.7 Å². The Morgan fingerprint density at radius 2 is 2.24 bits per heavy atom. The summed E-state index contributed by atoms with van der Waals surface area (Å²) in [7, 11) is 0. The van der Waals surface area contributed by atoms with Gasteiger partial charge in [0.15, 0.2) is 5.65 Å². The Hall–Kier alpha value is -2.19. The van der Waals surface area contributed by atoms with Crippen molar-refractivity contribution < 1.29 is 4.79 Å². The zero-order chi connectivity index (χ0) is 17.4. The van der Waals surface area contributed by atoms with Crippen molar-refractivity contribution in [2.24, 2.45) is 5.92 Å². The van der Waals surface area contributed by atoms with Gasteiger partial charge in [0.2, 0.25) is 0 Å². The van der Waals surface area contributed by atoms with Crippen molar-refractivity contribution in [1.82, 2.24) is 19.3 Å². The molecule has 4 rings (SSSR count). The van der Waals surface area contributed by atoms with E-state index in [1.807, 2.05) is 6.92 Å². The van der Waals surface area contributed by atoms with Gasteiger partial charge in [-0.3, -0.25) is 14.6 Å². The molecular weight excluding hydrogens is 354 g/mol. The molecule has 25 heavy (non-hydrogen) atoms. The van der Waals surface area contributed by atoms with E-state index in [1.54, 1.807) is 29.7 Å². The van der Waals surface area contributed by atoms with Gasteiger partial charge in [-0.05, 0) is 54.8 Å². The molecule has 6 nitrogen and oxygen atoms in total. The standard InChI is InChI=1S/C17H17N5OS2/c1-10-6-14(25-9-10)13-7-18-12-4-5-15(20-16(12)19-13)21-17(23)22(24)8-11-2-3-11/h4-7,9,11,24H,2-3,8H2,1H3,(H,19,20,21,23). The maximum absolute atomic E-state index is 12.2. The summed E-state index contributed by atoms with van der Waals surface area (Å²) in [5.41, 5.74) is 3.18. The molecule has 8 heteroatoms. The molecule has 0 unspecified atom stereocenters. The first kappa shape index (κ1) is 16.3. The number of nitrogens with zero attached hydrogens (tertiary/aromatic N) is 4. The van der Waals surface area contributed by atoms with Gasteiger partial charge in [-0.25, -0.2) is 14.8 Å². The number of aromatic nitrogens is 3. The number of rotatable bonds is 4. The Morgan fingerprint density at radius 3 is 2.96 bits per heavy atom. The summed E-state index contributed by atoms with van der Waals surface area (Å²) in [6.45, 7) is 2.70. The van der Waals surface area contributed by atoms with Crippen LogP contribution in [-0.2, 0) is 0 Å². The van der Waals surface area contributed by atoms with Crippen LogP contribution in [0, 0.1) is 12.8 Å². The van der Waals surface area contributed by atoms with E-state index in [4.69, 9.17) is 0 Å². The first-order valence-corrected chi connectivity index (χ1v) is 9.33. The number of fused-ring (bicyclic) bond motifs is 1. The van der Waals surface area contributed by atoms with E-state index < -0.39 is 0 Å². The molecule has 0 radical (unpaired) electrons. The monoisotopic (exact) mass is 371 g/mol. The maximum Gasteiger partial charge on any atom is 0.332 e. The fourth-order valence-corrected chi connectivity index (χ4v) is 3.59. The van der Waals surface area contributed by atoms with Crippen LogP contribution < -0.4 is 5.32 Å². The lowest BCUT2D eigenvalue weighted by atomic mass is 10.3. The molecule has 3 aromatic rings. The predicted molar refractivity (Wildman–Crippen MR) is 103 cm³/mol. The van der Waals surface area contributed by atoms with Gasteiger partial charge >= 0.3 is 6.03 Å². The van der Waals surface area contributed by atoms with E-state index in [0.29, 0.717) is 29.4 Å². The van der Waals surface area contributed by atoms with Gasteiger partial charge in [0.05, 0.1) is 11.1 Å². The van der Waals surface area contributed by atoms with Crippen molar-refractivity contribution in [2.75, 3.05) is 11.9 Å². The number of hydrogen-bond donors (Lipinski definition) is 2. The second kappa shape index (κ2) is 6.61. The molecule has 1 aliphatic rings. The van der Waals surface area contributed by atoms with E-state index in [0.717, 1.165) is 10.6 Å². The molecule has 128 valence electrons. The average Bonchev–Trinajstić information content (AvgIpc) is 3.31. The predicted octanol–water partition coefficient (Wildman–Crippen LogP) is 4.15. The maximum atomic E-state index is 12.2. The largest absolute Gasteiger partial charge is 0.332 e. The Labute approximate surface area is 154 Å². The number of pyridine rings is 1. The molecule has 1 N–H and O–H groups in total. The van der Waals surface area contributed by atoms with E-state index in [9.17, 15) is 4.79 Å². The number of anilines is 1. The lowest BCUT2D eigenvalue weighted by Gasteiger charge is -2.15. The minimum Gasteiger partial charge on any atom is -0.291 e. The minimum absolute atomic E-state index is 0.278. The highest BCUT2D eigenvalue weighted by Gasteiger charge is 2.25. The number of carbonyl (C=O) groups is 1. The Morgan fingerprint density at radius 1 is 1.40 bits per heavy atom. The number of thiophene rings is 1. The van der Waals surface area contributed by atoms with Gasteiger partial charge in [-0.15, -0.1) is 11.3 Å². The van der Waals surface area contributed by atoms with Crippen molar-refractivity contribution >= 4 is 47.2 Å². The van der Waals surface area contributed by atoms with Crippen molar-refractivity contribution in [1.29, 1.82) is 0 Å². The smallest absolute Gasteiger partial charge is 0.291 e. The second-order valence-corrected chi connectivity index (χ2v) is 7.63. The molecule has 0 aromatic carbocycles. The fraction of sp³-hybridized carbons (Fsp3) is 0.294. The first-order valence-electron chi connectivity index (χ1n) is 8.05. The Bertz CT molecular complexity index is 938. The number of urea groups is 1. The van der Waals surface area contributed by atoms with Gasteiger partial charge in [-0.2, -0.15) is 0 Å². The second-order valence-electron chi connectivity index (χ2n) is 6.24. The van der Waals surface area contributed by atoms with Crippen LogP contribution in [0.4, 0.5) is 10.6 Å². The molecule has 0 bridgehead atoms. The zero-order valence-corrected chi connectivity index (χ0v) is 15.3. The number of thiol groups is 1. The van der Waals surface area contributed by atoms with Crippen molar-refractivity contribution in [3.05, 3.63) is 35.3 Å². The van der Waals surface area contributed by atoms with Crippen LogP contribution in [-0.4, -0.2) is 31.8 Å². The lowest BCUT2D eigenvalue weighted by molar-refractivity contribution is 0.238. The van der Waals surface area contributed by atoms with Crippen LogP contribution in [0.5, 0.6) is 0 Å². The fourth-order valence-electron chi connectivity index (χ4n) is 2.45. The number of carbonyl (C=O) groups excluding carboxylic acids is 1. The van der Waals surface area contributed by atoms with Gasteiger partial charge < -0.3 is 0 Å². The summed E-state index contributed by atoms with van der Waals surface area (Å²) >= 11 is 5.87. The molecule has 0 atom stereocenters. The van der Waals surface area contributed by atoms with E-state index >= 15 is 0 Å². The normalized spacial score (nSPS) is 13.8. The van der Waals surface area contributed by atoms with E-state index in [2.05, 4.69) is 44.5 Å². The van der Waals surface area contributed by atoms with Crippen molar-refractivity contribution in [3.8, 4) is 10.6 Å². The van der Waals surface area contributed by atoms with E-state index in [1.165, 1.54) is 22.7 Å². The third-order valence-corrected chi connectivity index (χ3v) is 5.40. The molecule has 0 spiro atoms. The van der Waals surface area contributed by atoms with E-state index in [-0.39, 0.29) is 6.03 Å². The molecule has 3 heterocycles. The molecule has 0 saturated heterocycles. The third kappa shape index (κ3) is 3.74. The molecule has 1 fully saturated rings. The highest BCUT2D eigenvalue weighted by molar-refractivity contribution is 7.78. The Balaban J connectivity index is 1.56. The SMILES string of the molecule is Cc1csc(-c2cnc3ccc(NC(=O)N(S)CC4CC4)nc3n2)c1. The van der Waals surface area contributed by atoms with Crippen LogP contribution in [0.2, 0.25) is 0 Å². The van der Waals surface area contributed by atoms with Crippen molar-refractivity contribution in [3.63, 3.8) is 0 Å². The van der Waals surface area contributed by atoms with Crippen LogP contribution in [0.1, 0.15) is 18.4 Å². The molecule has 1 saturated carbocycles. The van der Waals surface area contributed by atoms with Gasteiger partial charge in [0.25, 0.3) is 0 Å². The van der Waals surface area contributed by atoms with Crippen LogP contribution in [0.3, 0.4) is 0 Å².